The average Bonchev–Trinajstić information content (AvgIpc) is 3.64. The Morgan fingerprint density at radius 3 is 2.59 bits per heavy atom. The van der Waals surface area contributed by atoms with Crippen LogP contribution in [0.1, 0.15) is 28.7 Å². The van der Waals surface area contributed by atoms with Gasteiger partial charge in [0.25, 0.3) is 5.91 Å². The van der Waals surface area contributed by atoms with Gasteiger partial charge in [-0.3, -0.25) is 14.6 Å². The molecule has 39 heavy (non-hydrogen) atoms. The quantitative estimate of drug-likeness (QED) is 0.351. The Balaban J connectivity index is 1.14. The van der Waals surface area contributed by atoms with Crippen molar-refractivity contribution < 1.29 is 23.0 Å². The predicted molar refractivity (Wildman–Crippen MR) is 140 cm³/mol. The van der Waals surface area contributed by atoms with Gasteiger partial charge in [0.2, 0.25) is 5.91 Å². The van der Waals surface area contributed by atoms with Crippen molar-refractivity contribution in [2.75, 3.05) is 36.4 Å². The van der Waals surface area contributed by atoms with Crippen LogP contribution >= 0.6 is 0 Å². The summed E-state index contributed by atoms with van der Waals surface area (Å²) in [6.45, 7) is 5.61. The summed E-state index contributed by atoms with van der Waals surface area (Å²) in [5, 5.41) is 13.6. The van der Waals surface area contributed by atoms with Gasteiger partial charge in [0.05, 0.1) is 17.8 Å². The molecule has 4 heterocycles. The predicted octanol–water partition coefficient (Wildman–Crippen LogP) is 3.25. The first-order valence-corrected chi connectivity index (χ1v) is 12.5. The second kappa shape index (κ2) is 11.3. The molecule has 0 radical (unpaired) electrons. The Bertz CT molecular complexity index is 1430. The highest BCUT2D eigenvalue weighted by molar-refractivity contribution is 5.97. The van der Waals surface area contributed by atoms with E-state index in [4.69, 9.17) is 9.05 Å². The number of pyridine rings is 1. The van der Waals surface area contributed by atoms with Crippen LogP contribution in [-0.4, -0.2) is 64.2 Å². The second-order valence-corrected chi connectivity index (χ2v) is 9.28. The molecule has 12 heteroatoms. The lowest BCUT2D eigenvalue weighted by Crippen LogP contribution is -2.54. The zero-order chi connectivity index (χ0) is 27.4. The van der Waals surface area contributed by atoms with E-state index in [0.717, 1.165) is 5.69 Å². The maximum absolute atomic E-state index is 15.1. The lowest BCUT2D eigenvalue weighted by Gasteiger charge is -2.37. The SMILES string of the molecule is Cc1ccc(C(=O)N[C@H](C)C(=O)N2CCN(c3ccc(-c4cc(CNc5ccon5)on4)cc3F)CC2)cn1. The number of carbonyl (C=O) groups is 2. The highest BCUT2D eigenvalue weighted by Gasteiger charge is 2.27. The fraction of sp³-hybridized carbons (Fsp3) is 0.296. The smallest absolute Gasteiger partial charge is 0.253 e. The topological polar surface area (TPSA) is 130 Å². The van der Waals surface area contributed by atoms with Crippen LogP contribution in [0.2, 0.25) is 0 Å². The van der Waals surface area contributed by atoms with Gasteiger partial charge in [0, 0.05) is 55.8 Å². The number of hydrogen-bond acceptors (Lipinski definition) is 9. The highest BCUT2D eigenvalue weighted by Crippen LogP contribution is 2.27. The summed E-state index contributed by atoms with van der Waals surface area (Å²) in [5.41, 5.74) is 2.77. The van der Waals surface area contributed by atoms with Crippen molar-refractivity contribution in [3.05, 3.63) is 77.8 Å². The van der Waals surface area contributed by atoms with Gasteiger partial charge in [0.15, 0.2) is 11.6 Å². The Hall–Kier alpha value is -4.74. The van der Waals surface area contributed by atoms with Gasteiger partial charge < -0.3 is 29.5 Å². The molecule has 2 N–H and O–H groups in total. The molecule has 1 fully saturated rings. The first-order chi connectivity index (χ1) is 18.9. The van der Waals surface area contributed by atoms with Gasteiger partial charge >= 0.3 is 0 Å². The first-order valence-electron chi connectivity index (χ1n) is 12.5. The van der Waals surface area contributed by atoms with Gasteiger partial charge in [-0.15, -0.1) is 0 Å². The van der Waals surface area contributed by atoms with Crippen LogP contribution in [0.3, 0.4) is 0 Å². The van der Waals surface area contributed by atoms with Crippen molar-refractivity contribution in [2.24, 2.45) is 0 Å². The minimum Gasteiger partial charge on any atom is -0.366 e. The number of nitrogens with one attached hydrogen (secondary N) is 2. The number of benzene rings is 1. The lowest BCUT2D eigenvalue weighted by molar-refractivity contribution is -0.133. The Kier molecular flexibility index (Phi) is 7.53. The molecule has 0 bridgehead atoms. The number of hydrogen-bond donors (Lipinski definition) is 2. The molecule has 1 atom stereocenters. The first kappa shape index (κ1) is 25.9. The standard InChI is InChI=1S/C27H28FN7O4/c1-17-3-4-20(15-29-17)26(36)31-18(2)27(37)35-10-8-34(9-11-35)24-6-5-19(13-22(24)28)23-14-21(39-32-23)16-30-25-7-12-38-33-25/h3-7,12-15,18H,8-11,16H2,1-2H3,(H,30,33)(H,31,36)/t18-/m1/s1. The molecular formula is C27H28FN7O4. The molecule has 2 amide bonds. The van der Waals surface area contributed by atoms with Crippen molar-refractivity contribution in [1.82, 2.24) is 25.5 Å². The number of amides is 2. The zero-order valence-electron chi connectivity index (χ0n) is 21.6. The molecule has 0 aliphatic carbocycles. The minimum absolute atomic E-state index is 0.182. The molecule has 202 valence electrons. The van der Waals surface area contributed by atoms with Crippen LogP contribution in [0.25, 0.3) is 11.3 Å². The lowest BCUT2D eigenvalue weighted by atomic mass is 10.1. The number of halogens is 1. The van der Waals surface area contributed by atoms with Crippen LogP contribution < -0.4 is 15.5 Å². The van der Waals surface area contributed by atoms with Crippen LogP contribution in [0, 0.1) is 12.7 Å². The molecule has 0 spiro atoms. The van der Waals surface area contributed by atoms with E-state index in [2.05, 4.69) is 25.9 Å². The average molecular weight is 534 g/mol. The fourth-order valence-electron chi connectivity index (χ4n) is 4.32. The third-order valence-corrected chi connectivity index (χ3v) is 6.51. The summed E-state index contributed by atoms with van der Waals surface area (Å²) in [6.07, 6.45) is 2.95. The normalized spacial score (nSPS) is 14.2. The van der Waals surface area contributed by atoms with Crippen molar-refractivity contribution in [3.8, 4) is 11.3 Å². The summed E-state index contributed by atoms with van der Waals surface area (Å²) in [4.78, 5) is 33.1. The minimum atomic E-state index is -0.695. The maximum Gasteiger partial charge on any atom is 0.253 e. The Labute approximate surface area is 224 Å². The van der Waals surface area contributed by atoms with Gasteiger partial charge in [-0.05, 0) is 38.1 Å². The molecule has 11 nitrogen and oxygen atoms in total. The van der Waals surface area contributed by atoms with Crippen LogP contribution in [0.5, 0.6) is 0 Å². The molecule has 0 saturated carbocycles. The van der Waals surface area contributed by atoms with Gasteiger partial charge in [0.1, 0.15) is 23.8 Å². The number of anilines is 2. The van der Waals surface area contributed by atoms with E-state index in [0.29, 0.717) is 66.8 Å². The van der Waals surface area contributed by atoms with Crippen molar-refractivity contribution >= 4 is 23.3 Å². The largest absolute Gasteiger partial charge is 0.366 e. The summed E-state index contributed by atoms with van der Waals surface area (Å²) >= 11 is 0. The van der Waals surface area contributed by atoms with Crippen LogP contribution in [0.15, 0.2) is 64.0 Å². The molecule has 1 aromatic carbocycles. The second-order valence-electron chi connectivity index (χ2n) is 9.28. The van der Waals surface area contributed by atoms with E-state index in [9.17, 15) is 9.59 Å². The van der Waals surface area contributed by atoms with Gasteiger partial charge in [-0.1, -0.05) is 16.4 Å². The van der Waals surface area contributed by atoms with E-state index < -0.39 is 6.04 Å². The molecule has 5 rings (SSSR count). The van der Waals surface area contributed by atoms with E-state index >= 15 is 4.39 Å². The molecule has 1 saturated heterocycles. The fourth-order valence-corrected chi connectivity index (χ4v) is 4.32. The van der Waals surface area contributed by atoms with Crippen molar-refractivity contribution in [3.63, 3.8) is 0 Å². The van der Waals surface area contributed by atoms with Gasteiger partial charge in [-0.2, -0.15) is 0 Å². The van der Waals surface area contributed by atoms with Crippen LogP contribution in [0.4, 0.5) is 15.9 Å². The van der Waals surface area contributed by atoms with Crippen molar-refractivity contribution in [1.29, 1.82) is 0 Å². The van der Waals surface area contributed by atoms with E-state index in [1.165, 1.54) is 18.5 Å². The summed E-state index contributed by atoms with van der Waals surface area (Å²) < 4.78 is 25.2. The number of rotatable bonds is 8. The zero-order valence-corrected chi connectivity index (χ0v) is 21.6. The number of aryl methyl sites for hydroxylation is 1. The molecule has 1 aliphatic rings. The molecule has 0 unspecified atom stereocenters. The Morgan fingerprint density at radius 1 is 1.08 bits per heavy atom. The summed E-state index contributed by atoms with van der Waals surface area (Å²) in [7, 11) is 0. The Morgan fingerprint density at radius 2 is 1.90 bits per heavy atom. The molecule has 4 aromatic rings. The van der Waals surface area contributed by atoms with Gasteiger partial charge in [-0.25, -0.2) is 4.39 Å². The number of carbonyl (C=O) groups excluding carboxylic acids is 2. The highest BCUT2D eigenvalue weighted by atomic mass is 19.1. The van der Waals surface area contributed by atoms with E-state index in [-0.39, 0.29) is 17.6 Å². The number of aromatic nitrogens is 3. The third kappa shape index (κ3) is 6.06. The van der Waals surface area contributed by atoms with Crippen LogP contribution in [-0.2, 0) is 11.3 Å². The number of nitrogens with zero attached hydrogens (tertiary/aromatic N) is 5. The molecule has 1 aliphatic heterocycles. The monoisotopic (exact) mass is 533 g/mol. The summed E-state index contributed by atoms with van der Waals surface area (Å²) in [5.74, 6) is 0.224. The van der Waals surface area contributed by atoms with E-state index in [1.807, 2.05) is 11.8 Å². The third-order valence-electron chi connectivity index (χ3n) is 6.51. The number of piperazine rings is 1. The molecule has 3 aromatic heterocycles. The summed E-state index contributed by atoms with van der Waals surface area (Å²) in [6, 6.07) is 11.1. The van der Waals surface area contributed by atoms with Crippen molar-refractivity contribution in [2.45, 2.75) is 26.4 Å². The van der Waals surface area contributed by atoms with E-state index in [1.54, 1.807) is 48.2 Å². The maximum atomic E-state index is 15.1. The molecular weight excluding hydrogens is 505 g/mol.